The van der Waals surface area contributed by atoms with Gasteiger partial charge in [-0.2, -0.15) is 0 Å². The number of nitrogens with zero attached hydrogens (tertiary/aromatic N) is 3. The molecule has 2 aliphatic carbocycles. The number of rotatable bonds is 6. The van der Waals surface area contributed by atoms with Gasteiger partial charge in [-0.3, -0.25) is 19.1 Å². The number of amides is 1. The van der Waals surface area contributed by atoms with E-state index in [0.29, 0.717) is 30.2 Å². The summed E-state index contributed by atoms with van der Waals surface area (Å²) >= 11 is 0. The number of pyridine rings is 1. The van der Waals surface area contributed by atoms with Crippen LogP contribution in [-0.4, -0.2) is 37.9 Å². The zero-order chi connectivity index (χ0) is 20.5. The highest BCUT2D eigenvalue weighted by molar-refractivity contribution is 6.05. The second-order valence-corrected chi connectivity index (χ2v) is 8.36. The zero-order valence-corrected chi connectivity index (χ0v) is 17.4. The molecular weight excluding hydrogens is 368 g/mol. The lowest BCUT2D eigenvalue weighted by Gasteiger charge is -2.34. The van der Waals surface area contributed by atoms with Gasteiger partial charge in [-0.05, 0) is 45.1 Å². The molecule has 7 heteroatoms. The van der Waals surface area contributed by atoms with Gasteiger partial charge in [0, 0.05) is 30.7 Å². The van der Waals surface area contributed by atoms with Crippen molar-refractivity contribution in [2.75, 3.05) is 6.54 Å². The summed E-state index contributed by atoms with van der Waals surface area (Å²) in [4.78, 5) is 47.9. The van der Waals surface area contributed by atoms with Crippen molar-refractivity contribution in [3.05, 3.63) is 38.2 Å². The highest BCUT2D eigenvalue weighted by Crippen LogP contribution is 2.40. The Balaban J connectivity index is 1.90. The molecule has 2 saturated carbocycles. The number of carbonyl (C=O) groups is 1. The van der Waals surface area contributed by atoms with E-state index in [4.69, 9.17) is 4.98 Å². The van der Waals surface area contributed by atoms with Crippen molar-refractivity contribution < 1.29 is 4.79 Å². The molecule has 29 heavy (non-hydrogen) atoms. The number of aromatic amines is 1. The molecule has 1 amide bonds. The van der Waals surface area contributed by atoms with E-state index in [2.05, 4.69) is 4.98 Å². The molecule has 0 atom stereocenters. The third kappa shape index (κ3) is 3.74. The smallest absolute Gasteiger partial charge is 0.329 e. The van der Waals surface area contributed by atoms with Gasteiger partial charge in [0.15, 0.2) is 5.65 Å². The number of aryl methyl sites for hydroxylation is 1. The summed E-state index contributed by atoms with van der Waals surface area (Å²) in [5.74, 6) is 0.209. The van der Waals surface area contributed by atoms with Gasteiger partial charge in [-0.1, -0.05) is 26.2 Å². The molecule has 2 aromatic heterocycles. The zero-order valence-electron chi connectivity index (χ0n) is 17.4. The lowest BCUT2D eigenvalue weighted by atomic mass is 9.93. The number of aromatic nitrogens is 3. The Kier molecular flexibility index (Phi) is 5.56. The summed E-state index contributed by atoms with van der Waals surface area (Å²) in [5, 5.41) is 0.252. The van der Waals surface area contributed by atoms with E-state index in [1.54, 1.807) is 0 Å². The minimum atomic E-state index is -0.518. The van der Waals surface area contributed by atoms with Gasteiger partial charge in [0.1, 0.15) is 0 Å². The second kappa shape index (κ2) is 8.13. The van der Waals surface area contributed by atoms with Gasteiger partial charge in [0.2, 0.25) is 0 Å². The Bertz CT molecular complexity index is 1030. The molecule has 2 fully saturated rings. The summed E-state index contributed by atoms with van der Waals surface area (Å²) in [6, 6.07) is 2.03. The van der Waals surface area contributed by atoms with Crippen LogP contribution in [-0.2, 0) is 6.54 Å². The Morgan fingerprint density at radius 1 is 1.17 bits per heavy atom. The van der Waals surface area contributed by atoms with E-state index < -0.39 is 11.2 Å². The lowest BCUT2D eigenvalue weighted by molar-refractivity contribution is 0.0649. The van der Waals surface area contributed by atoms with Crippen LogP contribution >= 0.6 is 0 Å². The van der Waals surface area contributed by atoms with Crippen molar-refractivity contribution in [1.82, 2.24) is 19.4 Å². The minimum absolute atomic E-state index is 0.110. The maximum atomic E-state index is 13.6. The molecule has 0 aromatic carbocycles. The highest BCUT2D eigenvalue weighted by atomic mass is 16.2. The molecule has 156 valence electrons. The second-order valence-electron chi connectivity index (χ2n) is 8.36. The van der Waals surface area contributed by atoms with E-state index in [1.807, 2.05) is 24.8 Å². The van der Waals surface area contributed by atoms with Crippen LogP contribution in [0, 0.1) is 0 Å². The first-order chi connectivity index (χ1) is 14.0. The van der Waals surface area contributed by atoms with Crippen molar-refractivity contribution in [3.8, 4) is 0 Å². The molecule has 2 aromatic rings. The average Bonchev–Trinajstić information content (AvgIpc) is 3.57. The molecule has 0 bridgehead atoms. The van der Waals surface area contributed by atoms with Crippen LogP contribution in [0.1, 0.15) is 87.2 Å². The molecule has 2 aliphatic rings. The number of H-pyrrole nitrogens is 1. The normalized spacial score (nSPS) is 17.6. The molecular formula is C22H30N4O3. The van der Waals surface area contributed by atoms with Gasteiger partial charge in [-0.15, -0.1) is 0 Å². The van der Waals surface area contributed by atoms with Crippen LogP contribution in [0.2, 0.25) is 0 Å². The quantitative estimate of drug-likeness (QED) is 0.809. The van der Waals surface area contributed by atoms with Crippen LogP contribution in [0.3, 0.4) is 0 Å². The molecule has 0 aliphatic heterocycles. The monoisotopic (exact) mass is 398 g/mol. The Morgan fingerprint density at radius 2 is 1.90 bits per heavy atom. The molecule has 1 N–H and O–H groups in total. The van der Waals surface area contributed by atoms with E-state index in [-0.39, 0.29) is 17.3 Å². The Morgan fingerprint density at radius 3 is 2.52 bits per heavy atom. The van der Waals surface area contributed by atoms with Crippen LogP contribution < -0.4 is 11.2 Å². The Hall–Kier alpha value is -2.44. The fourth-order valence-corrected chi connectivity index (χ4v) is 4.60. The molecule has 0 saturated heterocycles. The number of hydrogen-bond acceptors (Lipinski definition) is 4. The first-order valence-corrected chi connectivity index (χ1v) is 11.0. The summed E-state index contributed by atoms with van der Waals surface area (Å²) in [6.45, 7) is 5.04. The van der Waals surface area contributed by atoms with Crippen molar-refractivity contribution >= 4 is 16.9 Å². The third-order valence-electron chi connectivity index (χ3n) is 6.26. The largest absolute Gasteiger partial charge is 0.336 e. The summed E-state index contributed by atoms with van der Waals surface area (Å²) < 4.78 is 1.51. The van der Waals surface area contributed by atoms with Crippen LogP contribution in [0.15, 0.2) is 15.7 Å². The van der Waals surface area contributed by atoms with E-state index in [9.17, 15) is 14.4 Å². The van der Waals surface area contributed by atoms with Gasteiger partial charge < -0.3 is 4.90 Å². The number of nitrogens with one attached hydrogen (secondary N) is 1. The van der Waals surface area contributed by atoms with Gasteiger partial charge in [0.25, 0.3) is 11.5 Å². The predicted octanol–water partition coefficient (Wildman–Crippen LogP) is 3.17. The summed E-state index contributed by atoms with van der Waals surface area (Å²) in [7, 11) is 0. The van der Waals surface area contributed by atoms with Crippen molar-refractivity contribution in [1.29, 1.82) is 0 Å². The highest BCUT2D eigenvalue weighted by Gasteiger charge is 2.31. The molecule has 0 unspecified atom stereocenters. The van der Waals surface area contributed by atoms with Gasteiger partial charge in [-0.25, -0.2) is 9.78 Å². The van der Waals surface area contributed by atoms with Crippen LogP contribution in [0.25, 0.3) is 11.0 Å². The van der Waals surface area contributed by atoms with Crippen molar-refractivity contribution in [2.45, 2.75) is 83.7 Å². The lowest BCUT2D eigenvalue weighted by Crippen LogP contribution is -2.42. The molecule has 2 heterocycles. The average molecular weight is 399 g/mol. The number of carbonyl (C=O) groups excluding carboxylic acids is 1. The first kappa shape index (κ1) is 19.9. The van der Waals surface area contributed by atoms with Crippen molar-refractivity contribution in [3.63, 3.8) is 0 Å². The third-order valence-corrected chi connectivity index (χ3v) is 6.26. The molecule has 4 rings (SSSR count). The maximum Gasteiger partial charge on any atom is 0.329 e. The minimum Gasteiger partial charge on any atom is -0.336 e. The first-order valence-electron chi connectivity index (χ1n) is 11.0. The predicted molar refractivity (Wildman–Crippen MR) is 112 cm³/mol. The fraction of sp³-hybridized carbons (Fsp3) is 0.636. The van der Waals surface area contributed by atoms with Crippen LogP contribution in [0.5, 0.6) is 0 Å². The Labute approximate surface area is 170 Å². The summed E-state index contributed by atoms with van der Waals surface area (Å²) in [6.07, 6.45) is 8.31. The fourth-order valence-electron chi connectivity index (χ4n) is 4.60. The van der Waals surface area contributed by atoms with Crippen LogP contribution in [0.4, 0.5) is 0 Å². The molecule has 0 radical (unpaired) electrons. The number of fused-ring (bicyclic) bond motifs is 1. The maximum absolute atomic E-state index is 13.6. The van der Waals surface area contributed by atoms with E-state index in [0.717, 1.165) is 50.6 Å². The topological polar surface area (TPSA) is 88.1 Å². The van der Waals surface area contributed by atoms with Gasteiger partial charge >= 0.3 is 5.69 Å². The van der Waals surface area contributed by atoms with E-state index >= 15 is 0 Å². The molecule has 0 spiro atoms. The molecule has 7 nitrogen and oxygen atoms in total. The van der Waals surface area contributed by atoms with Crippen molar-refractivity contribution in [2.24, 2.45) is 0 Å². The van der Waals surface area contributed by atoms with E-state index in [1.165, 1.54) is 11.0 Å². The summed E-state index contributed by atoms with van der Waals surface area (Å²) in [5.41, 5.74) is 0.608. The van der Waals surface area contributed by atoms with Gasteiger partial charge in [0.05, 0.1) is 10.9 Å². The SMILES string of the molecule is CCCn1c(=O)[nH]c(=O)c2c(C(=O)N(CC)C3CCCCC3)cc(C3CC3)nc21. The standard InChI is InChI=1S/C22H30N4O3/c1-3-12-26-19-18(20(27)24-22(26)29)16(13-17(23-19)14-10-11-14)21(28)25(4-2)15-8-6-5-7-9-15/h13-15H,3-12H2,1-2H3,(H,24,27,29). The number of hydrogen-bond donors (Lipinski definition) is 1.